The molecule has 1 aliphatic carbocycles. The van der Waals surface area contributed by atoms with Crippen LogP contribution in [0, 0.1) is 17.6 Å². The van der Waals surface area contributed by atoms with Gasteiger partial charge in [0.1, 0.15) is 17.2 Å². The number of nitrogens with zero attached hydrogens (tertiary/aromatic N) is 1. The van der Waals surface area contributed by atoms with Crippen molar-refractivity contribution in [2.45, 2.75) is 18.4 Å². The van der Waals surface area contributed by atoms with Crippen LogP contribution in [0.5, 0.6) is 0 Å². The fourth-order valence-corrected chi connectivity index (χ4v) is 3.41. The zero-order chi connectivity index (χ0) is 16.9. The van der Waals surface area contributed by atoms with E-state index in [4.69, 9.17) is 11.6 Å². The van der Waals surface area contributed by atoms with Crippen molar-refractivity contribution in [3.8, 4) is 0 Å². The van der Waals surface area contributed by atoms with Crippen molar-refractivity contribution in [3.05, 3.63) is 76.4 Å². The standard InChI is InChI=1S/C19H14ClF2NO/c20-13-7-5-12(6-8-13)19(24,11-3-4-11)17-15(21)10-16-14(18(17)22)2-1-9-23-16/h1-2,5-11,24H,3-4H2. The molecular formula is C19H14ClF2NO. The van der Waals surface area contributed by atoms with Gasteiger partial charge in [-0.2, -0.15) is 0 Å². The highest BCUT2D eigenvalue weighted by Gasteiger charge is 2.49. The van der Waals surface area contributed by atoms with E-state index in [2.05, 4.69) is 4.98 Å². The number of aromatic nitrogens is 1. The summed E-state index contributed by atoms with van der Waals surface area (Å²) in [6.07, 6.45) is 2.90. The van der Waals surface area contributed by atoms with Crippen LogP contribution in [0.15, 0.2) is 48.7 Å². The van der Waals surface area contributed by atoms with Crippen LogP contribution < -0.4 is 0 Å². The Hall–Kier alpha value is -2.04. The molecule has 0 aliphatic heterocycles. The van der Waals surface area contributed by atoms with Gasteiger partial charge in [0.05, 0.1) is 11.1 Å². The molecule has 122 valence electrons. The Morgan fingerprint density at radius 2 is 1.83 bits per heavy atom. The van der Waals surface area contributed by atoms with Crippen molar-refractivity contribution in [3.63, 3.8) is 0 Å². The minimum atomic E-state index is -1.72. The predicted octanol–water partition coefficient (Wildman–Crippen LogP) is 4.81. The number of hydrogen-bond donors (Lipinski definition) is 1. The van der Waals surface area contributed by atoms with Gasteiger partial charge in [0, 0.05) is 22.7 Å². The summed E-state index contributed by atoms with van der Waals surface area (Å²) in [6.45, 7) is 0. The number of rotatable bonds is 3. The second-order valence-corrected chi connectivity index (χ2v) is 6.60. The highest BCUT2D eigenvalue weighted by molar-refractivity contribution is 6.30. The summed E-state index contributed by atoms with van der Waals surface area (Å²) < 4.78 is 29.9. The third-order valence-corrected chi connectivity index (χ3v) is 4.88. The number of fused-ring (bicyclic) bond motifs is 1. The second-order valence-electron chi connectivity index (χ2n) is 6.17. The van der Waals surface area contributed by atoms with E-state index in [9.17, 15) is 9.50 Å². The molecule has 1 fully saturated rings. The predicted molar refractivity (Wildman–Crippen MR) is 88.8 cm³/mol. The third kappa shape index (κ3) is 2.29. The summed E-state index contributed by atoms with van der Waals surface area (Å²) in [4.78, 5) is 3.99. The minimum absolute atomic E-state index is 0.196. The van der Waals surface area contributed by atoms with Crippen LogP contribution in [0.1, 0.15) is 24.0 Å². The molecule has 1 saturated carbocycles. The molecule has 1 heterocycles. The van der Waals surface area contributed by atoms with Gasteiger partial charge in [-0.15, -0.1) is 0 Å². The third-order valence-electron chi connectivity index (χ3n) is 4.63. The zero-order valence-electron chi connectivity index (χ0n) is 12.6. The first-order valence-corrected chi connectivity index (χ1v) is 8.11. The summed E-state index contributed by atoms with van der Waals surface area (Å²) in [5.41, 5.74) is -1.36. The molecule has 1 N–H and O–H groups in total. The number of hydrogen-bond acceptors (Lipinski definition) is 2. The summed E-state index contributed by atoms with van der Waals surface area (Å²) in [7, 11) is 0. The van der Waals surface area contributed by atoms with E-state index >= 15 is 4.39 Å². The van der Waals surface area contributed by atoms with E-state index < -0.39 is 17.2 Å². The van der Waals surface area contributed by atoms with Crippen LogP contribution in [-0.4, -0.2) is 10.1 Å². The quantitative estimate of drug-likeness (QED) is 0.738. The molecule has 1 atom stereocenters. The van der Waals surface area contributed by atoms with Gasteiger partial charge >= 0.3 is 0 Å². The van der Waals surface area contributed by atoms with Gasteiger partial charge in [-0.1, -0.05) is 23.7 Å². The summed E-state index contributed by atoms with van der Waals surface area (Å²) in [6, 6.07) is 10.8. The minimum Gasteiger partial charge on any atom is -0.380 e. The van der Waals surface area contributed by atoms with Gasteiger partial charge in [-0.3, -0.25) is 4.98 Å². The largest absolute Gasteiger partial charge is 0.380 e. The fourth-order valence-electron chi connectivity index (χ4n) is 3.29. The monoisotopic (exact) mass is 345 g/mol. The average Bonchev–Trinajstić information content (AvgIpc) is 3.40. The molecule has 0 spiro atoms. The topological polar surface area (TPSA) is 33.1 Å². The van der Waals surface area contributed by atoms with Gasteiger partial charge in [0.2, 0.25) is 0 Å². The van der Waals surface area contributed by atoms with Crippen molar-refractivity contribution in [2.75, 3.05) is 0 Å². The molecule has 4 rings (SSSR count). The van der Waals surface area contributed by atoms with Crippen LogP contribution >= 0.6 is 11.6 Å². The molecule has 0 radical (unpaired) electrons. The first-order valence-electron chi connectivity index (χ1n) is 7.73. The van der Waals surface area contributed by atoms with Crippen LogP contribution in [0.2, 0.25) is 5.02 Å². The number of benzene rings is 2. The van der Waals surface area contributed by atoms with Gasteiger partial charge < -0.3 is 5.11 Å². The lowest BCUT2D eigenvalue weighted by molar-refractivity contribution is 0.0490. The van der Waals surface area contributed by atoms with Gasteiger partial charge in [-0.25, -0.2) is 8.78 Å². The Morgan fingerprint density at radius 3 is 2.50 bits per heavy atom. The van der Waals surface area contributed by atoms with E-state index in [1.807, 2.05) is 0 Å². The van der Waals surface area contributed by atoms with Crippen molar-refractivity contribution >= 4 is 22.5 Å². The molecule has 0 saturated heterocycles. The molecule has 0 amide bonds. The SMILES string of the molecule is OC(c1ccc(Cl)cc1)(c1c(F)cc2ncccc2c1F)C1CC1. The molecule has 5 heteroatoms. The molecule has 2 nitrogen and oxygen atoms in total. The highest BCUT2D eigenvalue weighted by atomic mass is 35.5. The molecule has 0 bridgehead atoms. The normalized spacial score (nSPS) is 17.0. The fraction of sp³-hybridized carbons (Fsp3) is 0.211. The molecular weight excluding hydrogens is 332 g/mol. The van der Waals surface area contributed by atoms with Crippen LogP contribution in [-0.2, 0) is 5.60 Å². The first kappa shape index (κ1) is 15.5. The Labute approximate surface area is 142 Å². The molecule has 2 aromatic carbocycles. The van der Waals surface area contributed by atoms with Crippen molar-refractivity contribution in [1.29, 1.82) is 0 Å². The van der Waals surface area contributed by atoms with E-state index in [1.165, 1.54) is 18.3 Å². The van der Waals surface area contributed by atoms with Crippen LogP contribution in [0.4, 0.5) is 8.78 Å². The lowest BCUT2D eigenvalue weighted by Crippen LogP contribution is -2.32. The van der Waals surface area contributed by atoms with Gasteiger partial charge in [0.25, 0.3) is 0 Å². The maximum atomic E-state index is 15.1. The van der Waals surface area contributed by atoms with Gasteiger partial charge in [-0.05, 0) is 48.6 Å². The molecule has 1 unspecified atom stereocenters. The average molecular weight is 346 g/mol. The Balaban J connectivity index is 2.00. The smallest absolute Gasteiger partial charge is 0.141 e. The Bertz CT molecular complexity index is 925. The molecule has 1 aliphatic rings. The van der Waals surface area contributed by atoms with Crippen LogP contribution in [0.25, 0.3) is 10.9 Å². The van der Waals surface area contributed by atoms with Crippen LogP contribution in [0.3, 0.4) is 0 Å². The van der Waals surface area contributed by atoms with E-state index in [-0.39, 0.29) is 22.4 Å². The number of pyridine rings is 1. The number of aliphatic hydroxyl groups is 1. The van der Waals surface area contributed by atoms with Gasteiger partial charge in [0.15, 0.2) is 0 Å². The summed E-state index contributed by atoms with van der Waals surface area (Å²) in [5, 5.41) is 12.1. The second kappa shape index (κ2) is 5.50. The van der Waals surface area contributed by atoms with E-state index in [0.29, 0.717) is 23.4 Å². The molecule has 1 aromatic heterocycles. The lowest BCUT2D eigenvalue weighted by atomic mass is 9.81. The van der Waals surface area contributed by atoms with Crippen molar-refractivity contribution in [1.82, 2.24) is 4.98 Å². The number of halogens is 3. The summed E-state index contributed by atoms with van der Waals surface area (Å²) in [5.74, 6) is -1.78. The maximum absolute atomic E-state index is 15.1. The van der Waals surface area contributed by atoms with Crippen molar-refractivity contribution in [2.24, 2.45) is 5.92 Å². The first-order chi connectivity index (χ1) is 11.5. The lowest BCUT2D eigenvalue weighted by Gasteiger charge is -2.30. The Morgan fingerprint density at radius 1 is 1.12 bits per heavy atom. The van der Waals surface area contributed by atoms with Crippen molar-refractivity contribution < 1.29 is 13.9 Å². The molecule has 3 aromatic rings. The summed E-state index contributed by atoms with van der Waals surface area (Å²) >= 11 is 5.91. The molecule has 24 heavy (non-hydrogen) atoms. The Kier molecular flexibility index (Phi) is 3.55. The zero-order valence-corrected chi connectivity index (χ0v) is 13.4. The highest BCUT2D eigenvalue weighted by Crippen LogP contribution is 2.51. The maximum Gasteiger partial charge on any atom is 0.141 e. The van der Waals surface area contributed by atoms with E-state index in [1.54, 1.807) is 30.3 Å². The van der Waals surface area contributed by atoms with E-state index in [0.717, 1.165) is 0 Å².